The maximum atomic E-state index is 10.5. The van der Waals surface area contributed by atoms with E-state index in [1.807, 2.05) is 42.5 Å². The Kier molecular flexibility index (Phi) is 6.51. The third kappa shape index (κ3) is 5.18. The van der Waals surface area contributed by atoms with Crippen molar-refractivity contribution in [1.29, 1.82) is 0 Å². The van der Waals surface area contributed by atoms with Gasteiger partial charge in [0, 0.05) is 11.8 Å². The molecule has 4 heteroatoms. The molecule has 0 aromatic heterocycles. The largest absolute Gasteiger partial charge is 0.508 e. The summed E-state index contributed by atoms with van der Waals surface area (Å²) in [4.78, 5) is 0. The molecule has 4 aromatic rings. The third-order valence-corrected chi connectivity index (χ3v) is 6.55. The van der Waals surface area contributed by atoms with Gasteiger partial charge in [0.1, 0.15) is 23.0 Å². The molecule has 34 heavy (non-hydrogen) atoms. The Balaban J connectivity index is 1.59. The summed E-state index contributed by atoms with van der Waals surface area (Å²) in [5.41, 5.74) is 5.59. The molecule has 4 nitrogen and oxygen atoms in total. The van der Waals surface area contributed by atoms with Gasteiger partial charge in [-0.3, -0.25) is 0 Å². The highest BCUT2D eigenvalue weighted by atomic mass is 16.3. The lowest BCUT2D eigenvalue weighted by Gasteiger charge is -2.28. The molecule has 0 spiro atoms. The van der Waals surface area contributed by atoms with Crippen molar-refractivity contribution >= 4 is 0 Å². The Morgan fingerprint density at radius 3 is 1.56 bits per heavy atom. The minimum Gasteiger partial charge on any atom is -0.508 e. The van der Waals surface area contributed by atoms with E-state index in [9.17, 15) is 20.4 Å². The second-order valence-electron chi connectivity index (χ2n) is 9.32. The molecule has 0 atom stereocenters. The van der Waals surface area contributed by atoms with Crippen molar-refractivity contribution < 1.29 is 20.4 Å². The van der Waals surface area contributed by atoms with E-state index in [-0.39, 0.29) is 28.4 Å². The number of phenols is 4. The first-order valence-corrected chi connectivity index (χ1v) is 11.4. The predicted octanol–water partition coefficient (Wildman–Crippen LogP) is 6.21. The average molecular weight is 455 g/mol. The van der Waals surface area contributed by atoms with Crippen LogP contribution in [0, 0.1) is 0 Å². The van der Waals surface area contributed by atoms with Crippen molar-refractivity contribution in [3.63, 3.8) is 0 Å². The van der Waals surface area contributed by atoms with E-state index < -0.39 is 0 Å². The smallest absolute Gasteiger partial charge is 0.119 e. The third-order valence-electron chi connectivity index (χ3n) is 6.55. The lowest BCUT2D eigenvalue weighted by atomic mass is 9.76. The quantitative estimate of drug-likeness (QED) is 0.268. The molecule has 0 saturated heterocycles. The summed E-state index contributed by atoms with van der Waals surface area (Å²) in [5, 5.41) is 39.9. The second-order valence-corrected chi connectivity index (χ2v) is 9.32. The molecule has 0 aliphatic heterocycles. The number of benzene rings is 4. The molecule has 0 saturated carbocycles. The SMILES string of the molecule is CC(C)(c1ccc(O)c(CCc2ccc(O)cc2)c1)c1ccc(O)c(Cc2ccc(O)cc2)c1. The maximum Gasteiger partial charge on any atom is 0.119 e. The Morgan fingerprint density at radius 2 is 1.00 bits per heavy atom. The topological polar surface area (TPSA) is 80.9 Å². The average Bonchev–Trinajstić information content (AvgIpc) is 2.82. The highest BCUT2D eigenvalue weighted by Gasteiger charge is 2.25. The first-order valence-electron chi connectivity index (χ1n) is 11.4. The Morgan fingerprint density at radius 1 is 0.529 bits per heavy atom. The van der Waals surface area contributed by atoms with Gasteiger partial charge in [-0.05, 0) is 82.6 Å². The molecular weight excluding hydrogens is 424 g/mol. The van der Waals surface area contributed by atoms with Crippen LogP contribution in [0.25, 0.3) is 0 Å². The van der Waals surface area contributed by atoms with Crippen molar-refractivity contribution in [2.45, 2.75) is 38.5 Å². The highest BCUT2D eigenvalue weighted by Crippen LogP contribution is 2.36. The van der Waals surface area contributed by atoms with Crippen LogP contribution in [0.5, 0.6) is 23.0 Å². The van der Waals surface area contributed by atoms with E-state index in [0.29, 0.717) is 12.8 Å². The fourth-order valence-electron chi connectivity index (χ4n) is 4.23. The van der Waals surface area contributed by atoms with Gasteiger partial charge in [-0.15, -0.1) is 0 Å². The van der Waals surface area contributed by atoms with Crippen LogP contribution in [0.4, 0.5) is 0 Å². The number of rotatable bonds is 7. The van der Waals surface area contributed by atoms with Crippen LogP contribution in [0.2, 0.25) is 0 Å². The molecule has 0 amide bonds. The normalized spacial score (nSPS) is 11.5. The number of phenolic OH excluding ortho intramolecular Hbond substituents is 4. The van der Waals surface area contributed by atoms with Gasteiger partial charge >= 0.3 is 0 Å². The predicted molar refractivity (Wildman–Crippen MR) is 135 cm³/mol. The van der Waals surface area contributed by atoms with Crippen LogP contribution in [-0.2, 0) is 24.7 Å². The zero-order valence-corrected chi connectivity index (χ0v) is 19.5. The minimum atomic E-state index is -0.349. The Bertz CT molecular complexity index is 1270. The molecule has 4 N–H and O–H groups in total. The summed E-state index contributed by atoms with van der Waals surface area (Å²) in [7, 11) is 0. The molecular formula is C30H30O4. The summed E-state index contributed by atoms with van der Waals surface area (Å²) < 4.78 is 0. The Hall–Kier alpha value is -3.92. The van der Waals surface area contributed by atoms with Crippen molar-refractivity contribution in [1.82, 2.24) is 0 Å². The molecule has 0 aliphatic rings. The van der Waals surface area contributed by atoms with Crippen LogP contribution < -0.4 is 0 Å². The number of aryl methyl sites for hydroxylation is 2. The number of hydrogen-bond acceptors (Lipinski definition) is 4. The van der Waals surface area contributed by atoms with Crippen molar-refractivity contribution in [2.75, 3.05) is 0 Å². The second kappa shape index (κ2) is 9.52. The van der Waals surface area contributed by atoms with E-state index in [1.54, 1.807) is 36.4 Å². The lowest BCUT2D eigenvalue weighted by molar-refractivity contribution is 0.466. The van der Waals surface area contributed by atoms with Gasteiger partial charge in [-0.25, -0.2) is 0 Å². The molecule has 4 aromatic carbocycles. The zero-order valence-electron chi connectivity index (χ0n) is 19.5. The van der Waals surface area contributed by atoms with E-state index in [4.69, 9.17) is 0 Å². The highest BCUT2D eigenvalue weighted by molar-refractivity contribution is 5.48. The van der Waals surface area contributed by atoms with Crippen molar-refractivity contribution in [2.24, 2.45) is 0 Å². The van der Waals surface area contributed by atoms with Crippen LogP contribution in [0.3, 0.4) is 0 Å². The zero-order chi connectivity index (χ0) is 24.3. The fourth-order valence-corrected chi connectivity index (χ4v) is 4.23. The molecule has 0 aliphatic carbocycles. The van der Waals surface area contributed by atoms with Crippen molar-refractivity contribution in [3.8, 4) is 23.0 Å². The summed E-state index contributed by atoms with van der Waals surface area (Å²) >= 11 is 0. The van der Waals surface area contributed by atoms with Gasteiger partial charge in [0.25, 0.3) is 0 Å². The van der Waals surface area contributed by atoms with Crippen LogP contribution >= 0.6 is 0 Å². The fraction of sp³-hybridized carbons (Fsp3) is 0.200. The molecule has 4 rings (SSSR count). The molecule has 174 valence electrons. The van der Waals surface area contributed by atoms with E-state index in [1.165, 1.54) is 0 Å². The molecule has 0 unspecified atom stereocenters. The molecule has 0 radical (unpaired) electrons. The standard InChI is InChI=1S/C30H30O4/c1-30(2,25-10-16-29(34)23(19-25)17-21-6-13-27(32)14-7-21)24-9-15-28(33)22(18-24)8-3-20-4-11-26(31)12-5-20/h4-7,9-16,18-19,31-34H,3,8,17H2,1-2H3. The van der Waals surface area contributed by atoms with Gasteiger partial charge < -0.3 is 20.4 Å². The van der Waals surface area contributed by atoms with Gasteiger partial charge in [0.15, 0.2) is 0 Å². The minimum absolute atomic E-state index is 0.219. The van der Waals surface area contributed by atoms with Gasteiger partial charge in [0.05, 0.1) is 0 Å². The lowest BCUT2D eigenvalue weighted by Crippen LogP contribution is -2.19. The van der Waals surface area contributed by atoms with Crippen LogP contribution in [0.15, 0.2) is 84.9 Å². The monoisotopic (exact) mass is 454 g/mol. The summed E-state index contributed by atoms with van der Waals surface area (Å²) in [5.74, 6) is 0.982. The maximum absolute atomic E-state index is 10.5. The van der Waals surface area contributed by atoms with E-state index in [0.717, 1.165) is 39.8 Å². The first-order chi connectivity index (χ1) is 16.2. The van der Waals surface area contributed by atoms with E-state index >= 15 is 0 Å². The molecule has 0 bridgehead atoms. The van der Waals surface area contributed by atoms with Crippen LogP contribution in [0.1, 0.15) is 47.2 Å². The van der Waals surface area contributed by atoms with Gasteiger partial charge in [-0.1, -0.05) is 62.4 Å². The van der Waals surface area contributed by atoms with Crippen LogP contribution in [-0.4, -0.2) is 20.4 Å². The number of hydrogen-bond donors (Lipinski definition) is 4. The summed E-state index contributed by atoms with van der Waals surface area (Å²) in [6.45, 7) is 4.28. The number of aromatic hydroxyl groups is 4. The van der Waals surface area contributed by atoms with Crippen molar-refractivity contribution in [3.05, 3.63) is 118 Å². The Labute approximate surface area is 200 Å². The van der Waals surface area contributed by atoms with E-state index in [2.05, 4.69) is 19.9 Å². The summed E-state index contributed by atoms with van der Waals surface area (Å²) in [6.07, 6.45) is 2.00. The van der Waals surface area contributed by atoms with Gasteiger partial charge in [-0.2, -0.15) is 0 Å². The molecule has 0 fully saturated rings. The van der Waals surface area contributed by atoms with Gasteiger partial charge in [0.2, 0.25) is 0 Å². The summed E-state index contributed by atoms with van der Waals surface area (Å²) in [6, 6.07) is 25.6. The first kappa shape index (κ1) is 23.2. The molecule has 0 heterocycles.